The SMILES string of the molecule is COc1cc(C)cc(Oc2cc(F)c(S(=O)(=O)Nc3nc(CCO)ns3)cc2F)c1. The Hall–Kier alpha value is -2.83. The summed E-state index contributed by atoms with van der Waals surface area (Å²) in [6, 6.07) is 5.97. The van der Waals surface area contributed by atoms with Gasteiger partial charge in [-0.3, -0.25) is 4.72 Å². The van der Waals surface area contributed by atoms with Gasteiger partial charge >= 0.3 is 0 Å². The molecule has 3 aromatic rings. The van der Waals surface area contributed by atoms with Gasteiger partial charge in [0.05, 0.1) is 13.7 Å². The number of nitrogens with one attached hydrogen (secondary N) is 1. The highest BCUT2D eigenvalue weighted by Gasteiger charge is 2.24. The fourth-order valence-corrected chi connectivity index (χ4v) is 4.39. The van der Waals surface area contributed by atoms with E-state index in [0.29, 0.717) is 29.4 Å². The van der Waals surface area contributed by atoms with Crippen molar-refractivity contribution in [1.29, 1.82) is 0 Å². The number of ether oxygens (including phenoxy) is 2. The van der Waals surface area contributed by atoms with Gasteiger partial charge in [0.25, 0.3) is 10.0 Å². The molecule has 12 heteroatoms. The maximum absolute atomic E-state index is 14.5. The molecule has 0 amide bonds. The lowest BCUT2D eigenvalue weighted by Gasteiger charge is -2.12. The number of rotatable bonds is 8. The average molecular weight is 457 g/mol. The number of nitrogens with zero attached hydrogens (tertiary/aromatic N) is 2. The first-order valence-corrected chi connectivity index (χ1v) is 10.8. The highest BCUT2D eigenvalue weighted by molar-refractivity contribution is 7.93. The number of aromatic nitrogens is 2. The van der Waals surface area contributed by atoms with E-state index in [1.807, 2.05) is 4.72 Å². The molecule has 0 saturated heterocycles. The molecule has 30 heavy (non-hydrogen) atoms. The molecule has 1 heterocycles. The van der Waals surface area contributed by atoms with Gasteiger partial charge < -0.3 is 14.6 Å². The van der Waals surface area contributed by atoms with Crippen molar-refractivity contribution in [2.24, 2.45) is 0 Å². The molecule has 0 aliphatic rings. The third kappa shape index (κ3) is 5.01. The zero-order valence-electron chi connectivity index (χ0n) is 15.8. The molecule has 0 atom stereocenters. The monoisotopic (exact) mass is 457 g/mol. The van der Waals surface area contributed by atoms with Gasteiger partial charge in [-0.2, -0.15) is 4.37 Å². The van der Waals surface area contributed by atoms with Crippen LogP contribution in [0.25, 0.3) is 0 Å². The van der Waals surface area contributed by atoms with Crippen LogP contribution in [-0.4, -0.2) is 36.6 Å². The van der Waals surface area contributed by atoms with Crippen LogP contribution in [-0.2, 0) is 16.4 Å². The normalized spacial score (nSPS) is 11.4. The van der Waals surface area contributed by atoms with Crippen molar-refractivity contribution in [3.63, 3.8) is 0 Å². The van der Waals surface area contributed by atoms with Crippen molar-refractivity contribution in [3.05, 3.63) is 53.4 Å². The van der Waals surface area contributed by atoms with E-state index in [4.69, 9.17) is 14.6 Å². The molecule has 0 radical (unpaired) electrons. The minimum atomic E-state index is -4.47. The summed E-state index contributed by atoms with van der Waals surface area (Å²) >= 11 is 0.716. The standard InChI is InChI=1S/C18H17F2N3O5S2/c1-10-5-11(27-2)7-12(6-10)28-15-8-14(20)16(9-13(15)19)30(25,26)23-18-21-17(3-4-24)22-29-18/h5-9,24H,3-4H2,1-2H3,(H,21,22,23). The predicted molar refractivity (Wildman–Crippen MR) is 106 cm³/mol. The van der Waals surface area contributed by atoms with E-state index < -0.39 is 32.3 Å². The zero-order chi connectivity index (χ0) is 21.9. The molecule has 0 bridgehead atoms. The van der Waals surface area contributed by atoms with Crippen molar-refractivity contribution >= 4 is 26.7 Å². The molecule has 0 aliphatic heterocycles. The van der Waals surface area contributed by atoms with Gasteiger partial charge in [-0.25, -0.2) is 22.2 Å². The molecule has 3 rings (SSSR count). The Balaban J connectivity index is 1.87. The van der Waals surface area contributed by atoms with Gasteiger partial charge in [-0.15, -0.1) is 0 Å². The molecule has 160 valence electrons. The molecule has 8 nitrogen and oxygen atoms in total. The number of anilines is 1. The van der Waals surface area contributed by atoms with Gasteiger partial charge in [-0.1, -0.05) is 0 Å². The number of methoxy groups -OCH3 is 1. The van der Waals surface area contributed by atoms with Gasteiger partial charge in [0.2, 0.25) is 5.13 Å². The second kappa shape index (κ2) is 8.90. The summed E-state index contributed by atoms with van der Waals surface area (Å²) in [5.74, 6) is -1.88. The summed E-state index contributed by atoms with van der Waals surface area (Å²) in [7, 11) is -3.02. The van der Waals surface area contributed by atoms with Gasteiger partial charge in [0.1, 0.15) is 28.0 Å². The van der Waals surface area contributed by atoms with Crippen molar-refractivity contribution in [2.75, 3.05) is 18.4 Å². The number of halogens is 2. The third-order valence-electron chi connectivity index (χ3n) is 3.79. The first-order valence-electron chi connectivity index (χ1n) is 8.50. The number of aliphatic hydroxyl groups excluding tert-OH is 1. The molecule has 0 fully saturated rings. The summed E-state index contributed by atoms with van der Waals surface area (Å²) in [5, 5.41) is 8.72. The van der Waals surface area contributed by atoms with Crippen LogP contribution in [0.3, 0.4) is 0 Å². The number of benzene rings is 2. The summed E-state index contributed by atoms with van der Waals surface area (Å²) in [6.07, 6.45) is 0.136. The third-order valence-corrected chi connectivity index (χ3v) is 5.94. The van der Waals surface area contributed by atoms with Crippen molar-refractivity contribution in [3.8, 4) is 17.2 Å². The molecule has 0 aliphatic carbocycles. The highest BCUT2D eigenvalue weighted by atomic mass is 32.2. The second-order valence-electron chi connectivity index (χ2n) is 6.10. The Morgan fingerprint density at radius 1 is 1.13 bits per heavy atom. The van der Waals surface area contributed by atoms with Crippen LogP contribution in [0, 0.1) is 18.6 Å². The van der Waals surface area contributed by atoms with E-state index in [-0.39, 0.29) is 29.7 Å². The van der Waals surface area contributed by atoms with Crippen molar-refractivity contribution in [2.45, 2.75) is 18.2 Å². The topological polar surface area (TPSA) is 111 Å². The maximum Gasteiger partial charge on any atom is 0.266 e. The lowest BCUT2D eigenvalue weighted by molar-refractivity contribution is 0.297. The van der Waals surface area contributed by atoms with Crippen LogP contribution >= 0.6 is 11.5 Å². The predicted octanol–water partition coefficient (Wildman–Crippen LogP) is 3.26. The summed E-state index contributed by atoms with van der Waals surface area (Å²) in [4.78, 5) is 2.96. The molecular formula is C18H17F2N3O5S2. The minimum Gasteiger partial charge on any atom is -0.497 e. The first kappa shape index (κ1) is 21.9. The Kier molecular flexibility index (Phi) is 6.48. The van der Waals surface area contributed by atoms with Crippen LogP contribution in [0.15, 0.2) is 35.2 Å². The molecule has 1 aromatic heterocycles. The zero-order valence-corrected chi connectivity index (χ0v) is 17.5. The number of hydrogen-bond acceptors (Lipinski definition) is 8. The number of hydrogen-bond donors (Lipinski definition) is 2. The maximum atomic E-state index is 14.5. The number of aryl methyl sites for hydroxylation is 1. The molecule has 2 aromatic carbocycles. The largest absolute Gasteiger partial charge is 0.497 e. The molecular weight excluding hydrogens is 440 g/mol. The van der Waals surface area contributed by atoms with Gasteiger partial charge in [0, 0.05) is 36.2 Å². The lowest BCUT2D eigenvalue weighted by atomic mass is 10.2. The smallest absolute Gasteiger partial charge is 0.266 e. The lowest BCUT2D eigenvalue weighted by Crippen LogP contribution is -2.15. The highest BCUT2D eigenvalue weighted by Crippen LogP contribution is 2.32. The molecule has 0 unspecified atom stereocenters. The van der Waals surface area contributed by atoms with E-state index in [0.717, 1.165) is 5.56 Å². The fraction of sp³-hybridized carbons (Fsp3) is 0.222. The molecule has 0 spiro atoms. The Labute approximate surface area is 175 Å². The van der Waals surface area contributed by atoms with E-state index >= 15 is 0 Å². The number of sulfonamides is 1. The Morgan fingerprint density at radius 2 is 1.87 bits per heavy atom. The second-order valence-corrected chi connectivity index (χ2v) is 8.50. The van der Waals surface area contributed by atoms with E-state index in [2.05, 4.69) is 9.36 Å². The van der Waals surface area contributed by atoms with E-state index in [9.17, 15) is 17.2 Å². The molecule has 2 N–H and O–H groups in total. The Bertz CT molecular complexity index is 1170. The van der Waals surface area contributed by atoms with Gasteiger partial charge in [0.15, 0.2) is 11.6 Å². The van der Waals surface area contributed by atoms with Gasteiger partial charge in [-0.05, 0) is 24.6 Å². The molecule has 0 saturated carbocycles. The Morgan fingerprint density at radius 3 is 2.57 bits per heavy atom. The van der Waals surface area contributed by atoms with E-state index in [1.165, 1.54) is 13.2 Å². The van der Waals surface area contributed by atoms with Crippen LogP contribution in [0.5, 0.6) is 17.2 Å². The number of aliphatic hydroxyl groups is 1. The van der Waals surface area contributed by atoms with Crippen LogP contribution in [0.2, 0.25) is 0 Å². The fourth-order valence-electron chi connectivity index (χ4n) is 2.48. The summed E-state index contributed by atoms with van der Waals surface area (Å²) < 4.78 is 70.3. The van der Waals surface area contributed by atoms with Crippen LogP contribution in [0.1, 0.15) is 11.4 Å². The van der Waals surface area contributed by atoms with Crippen molar-refractivity contribution in [1.82, 2.24) is 9.36 Å². The van der Waals surface area contributed by atoms with Crippen LogP contribution in [0.4, 0.5) is 13.9 Å². The first-order chi connectivity index (χ1) is 14.2. The quantitative estimate of drug-likeness (QED) is 0.534. The minimum absolute atomic E-state index is 0.134. The summed E-state index contributed by atoms with van der Waals surface area (Å²) in [5.41, 5.74) is 0.770. The van der Waals surface area contributed by atoms with Crippen molar-refractivity contribution < 1.29 is 31.8 Å². The summed E-state index contributed by atoms with van der Waals surface area (Å²) in [6.45, 7) is 1.56. The van der Waals surface area contributed by atoms with Crippen LogP contribution < -0.4 is 14.2 Å². The van der Waals surface area contributed by atoms with E-state index in [1.54, 1.807) is 19.1 Å². The average Bonchev–Trinajstić information content (AvgIpc) is 3.10.